The molecule has 8 nitrogen and oxygen atoms in total. The van der Waals surface area contributed by atoms with Gasteiger partial charge in [-0.3, -0.25) is 9.36 Å². The number of carboxylic acids is 1. The van der Waals surface area contributed by atoms with Gasteiger partial charge in [0.1, 0.15) is 12.4 Å². The van der Waals surface area contributed by atoms with Gasteiger partial charge < -0.3 is 14.6 Å². The Bertz CT molecular complexity index is 2190. The maximum atomic E-state index is 14.1. The molecule has 6 rings (SSSR count). The molecule has 2 heterocycles. The van der Waals surface area contributed by atoms with Gasteiger partial charge in [0.15, 0.2) is 4.80 Å². The molecule has 0 amide bonds. The second-order valence-electron chi connectivity index (χ2n) is 10.5. The zero-order chi connectivity index (χ0) is 33.1. The summed E-state index contributed by atoms with van der Waals surface area (Å²) in [6.45, 7) is 2.14. The summed E-state index contributed by atoms with van der Waals surface area (Å²) >= 11 is 11.0. The molecule has 1 aliphatic rings. The Hall–Kier alpha value is -4.77. The molecule has 0 fully saturated rings. The highest BCUT2D eigenvalue weighted by Crippen LogP contribution is 2.35. The Morgan fingerprint density at radius 3 is 2.40 bits per heavy atom. The third kappa shape index (κ3) is 6.85. The van der Waals surface area contributed by atoms with Crippen LogP contribution in [0.1, 0.15) is 45.6 Å². The maximum absolute atomic E-state index is 14.1. The Morgan fingerprint density at radius 2 is 1.74 bits per heavy atom. The molecule has 0 spiro atoms. The molecule has 11 heteroatoms. The topological polar surface area (TPSA) is 107 Å². The standard InChI is InChI=1S/C36H26BrClN2O6S/c1-2-45-35(44)30-31(23-6-4-3-5-7-23)39-36-40(32(30)24-13-15-26(38)16-14-24)33(41)29(47-36)19-22-10-17-28(27(37)18-22)46-20-21-8-11-25(12-9-21)34(42)43/h3-19,32H,2,20H2,1H3,(H,42,43)/b29-19+/t32-/m1/s1. The van der Waals surface area contributed by atoms with E-state index in [9.17, 15) is 14.4 Å². The number of fused-ring (bicyclic) bond motifs is 1. The Balaban J connectivity index is 1.41. The van der Waals surface area contributed by atoms with Gasteiger partial charge >= 0.3 is 11.9 Å². The van der Waals surface area contributed by atoms with E-state index in [0.29, 0.717) is 35.8 Å². The molecule has 0 radical (unpaired) electrons. The van der Waals surface area contributed by atoms with Crippen molar-refractivity contribution in [3.8, 4) is 5.75 Å². The fourth-order valence-electron chi connectivity index (χ4n) is 5.18. The predicted octanol–water partition coefficient (Wildman–Crippen LogP) is 6.63. The number of aromatic carboxylic acids is 1. The summed E-state index contributed by atoms with van der Waals surface area (Å²) in [5, 5.41) is 9.64. The first-order valence-electron chi connectivity index (χ1n) is 14.5. The van der Waals surface area contributed by atoms with Crippen LogP contribution in [0.5, 0.6) is 5.75 Å². The second-order valence-corrected chi connectivity index (χ2v) is 12.8. The van der Waals surface area contributed by atoms with Gasteiger partial charge in [-0.05, 0) is 82.0 Å². The molecule has 4 aromatic carbocycles. The monoisotopic (exact) mass is 728 g/mol. The lowest BCUT2D eigenvalue weighted by Crippen LogP contribution is -2.40. The van der Waals surface area contributed by atoms with Crippen LogP contribution in [-0.4, -0.2) is 28.2 Å². The number of nitrogens with zero attached hydrogens (tertiary/aromatic N) is 2. The minimum atomic E-state index is -0.986. The van der Waals surface area contributed by atoms with E-state index < -0.39 is 18.0 Å². The lowest BCUT2D eigenvalue weighted by Gasteiger charge is -2.25. The highest BCUT2D eigenvalue weighted by molar-refractivity contribution is 9.10. The van der Waals surface area contributed by atoms with Gasteiger partial charge in [-0.1, -0.05) is 83.6 Å². The van der Waals surface area contributed by atoms with Crippen LogP contribution >= 0.6 is 38.9 Å². The largest absolute Gasteiger partial charge is 0.488 e. The third-order valence-corrected chi connectivity index (χ3v) is 9.26. The molecule has 1 N–H and O–H groups in total. The number of carbonyl (C=O) groups excluding carboxylic acids is 1. The van der Waals surface area contributed by atoms with Crippen LogP contribution in [0.4, 0.5) is 0 Å². The van der Waals surface area contributed by atoms with E-state index in [1.165, 1.54) is 23.5 Å². The van der Waals surface area contributed by atoms with Crippen molar-refractivity contribution >= 4 is 62.6 Å². The summed E-state index contributed by atoms with van der Waals surface area (Å²) in [5.41, 5.74) is 3.59. The summed E-state index contributed by atoms with van der Waals surface area (Å²) in [4.78, 5) is 44.1. The summed E-state index contributed by atoms with van der Waals surface area (Å²) < 4.78 is 14.1. The normalized spacial score (nSPS) is 14.4. The van der Waals surface area contributed by atoms with Crippen LogP contribution < -0.4 is 19.6 Å². The first-order chi connectivity index (χ1) is 22.7. The quantitative estimate of drug-likeness (QED) is 0.171. The van der Waals surface area contributed by atoms with Crippen LogP contribution in [0.15, 0.2) is 117 Å². The molecular weight excluding hydrogens is 704 g/mol. The average molecular weight is 730 g/mol. The van der Waals surface area contributed by atoms with E-state index in [4.69, 9.17) is 31.2 Å². The van der Waals surface area contributed by atoms with Crippen LogP contribution in [-0.2, 0) is 16.1 Å². The molecule has 0 bridgehead atoms. The molecule has 0 aliphatic carbocycles. The van der Waals surface area contributed by atoms with Crippen molar-refractivity contribution in [3.05, 3.63) is 160 Å². The fraction of sp³-hybridized carbons (Fsp3) is 0.111. The minimum absolute atomic E-state index is 0.160. The van der Waals surface area contributed by atoms with E-state index in [-0.39, 0.29) is 29.9 Å². The lowest BCUT2D eigenvalue weighted by atomic mass is 9.93. The SMILES string of the molecule is CCOC(=O)C1=C(c2ccccc2)N=c2s/c(=C/c3ccc(OCc4ccc(C(=O)O)cc4)c(Br)c3)c(=O)n2[C@@H]1c1ccc(Cl)cc1. The van der Waals surface area contributed by atoms with Crippen molar-refractivity contribution in [1.82, 2.24) is 4.57 Å². The average Bonchev–Trinajstić information content (AvgIpc) is 3.38. The number of ether oxygens (including phenoxy) is 2. The summed E-state index contributed by atoms with van der Waals surface area (Å²) in [6, 6.07) is 27.6. The van der Waals surface area contributed by atoms with Crippen molar-refractivity contribution in [3.63, 3.8) is 0 Å². The molecule has 1 aromatic heterocycles. The van der Waals surface area contributed by atoms with Crippen molar-refractivity contribution in [2.45, 2.75) is 19.6 Å². The van der Waals surface area contributed by atoms with E-state index >= 15 is 0 Å². The first kappa shape index (κ1) is 32.2. The van der Waals surface area contributed by atoms with Crippen molar-refractivity contribution in [1.29, 1.82) is 0 Å². The molecule has 0 unspecified atom stereocenters. The molecular formula is C36H26BrClN2O6S. The minimum Gasteiger partial charge on any atom is -0.488 e. The van der Waals surface area contributed by atoms with Crippen LogP contribution in [0, 0.1) is 0 Å². The zero-order valence-electron chi connectivity index (χ0n) is 24.9. The summed E-state index contributed by atoms with van der Waals surface area (Å²) in [7, 11) is 0. The van der Waals surface area contributed by atoms with Crippen LogP contribution in [0.3, 0.4) is 0 Å². The van der Waals surface area contributed by atoms with Gasteiger partial charge in [-0.25, -0.2) is 14.6 Å². The van der Waals surface area contributed by atoms with E-state index in [2.05, 4.69) is 15.9 Å². The number of halogens is 2. The van der Waals surface area contributed by atoms with Gasteiger partial charge in [0.05, 0.1) is 38.5 Å². The number of carboxylic acid groups (broad SMARTS) is 1. The number of hydrogen-bond donors (Lipinski definition) is 1. The predicted molar refractivity (Wildman–Crippen MR) is 184 cm³/mol. The van der Waals surface area contributed by atoms with Crippen LogP contribution in [0.25, 0.3) is 11.8 Å². The molecule has 5 aromatic rings. The van der Waals surface area contributed by atoms with Gasteiger partial charge in [-0.15, -0.1) is 0 Å². The Labute approximate surface area is 286 Å². The van der Waals surface area contributed by atoms with Crippen molar-refractivity contribution in [2.24, 2.45) is 4.99 Å². The molecule has 0 saturated carbocycles. The molecule has 236 valence electrons. The van der Waals surface area contributed by atoms with Gasteiger partial charge in [0.25, 0.3) is 5.56 Å². The van der Waals surface area contributed by atoms with Crippen molar-refractivity contribution in [2.75, 3.05) is 6.61 Å². The van der Waals surface area contributed by atoms with Gasteiger partial charge in [0.2, 0.25) is 0 Å². The van der Waals surface area contributed by atoms with Gasteiger partial charge in [0, 0.05) is 10.6 Å². The summed E-state index contributed by atoms with van der Waals surface area (Å²) in [5.74, 6) is -0.957. The third-order valence-electron chi connectivity index (χ3n) is 7.41. The Kier molecular flexibility index (Phi) is 9.53. The second kappa shape index (κ2) is 13.9. The first-order valence-corrected chi connectivity index (χ1v) is 16.5. The number of aromatic nitrogens is 1. The lowest BCUT2D eigenvalue weighted by molar-refractivity contribution is -0.138. The maximum Gasteiger partial charge on any atom is 0.338 e. The van der Waals surface area contributed by atoms with Crippen LogP contribution in [0.2, 0.25) is 5.02 Å². The summed E-state index contributed by atoms with van der Waals surface area (Å²) in [6.07, 6.45) is 1.78. The number of thiazole rings is 1. The number of esters is 1. The highest BCUT2D eigenvalue weighted by atomic mass is 79.9. The van der Waals surface area contributed by atoms with E-state index in [0.717, 1.165) is 16.7 Å². The van der Waals surface area contributed by atoms with E-state index in [1.807, 2.05) is 42.5 Å². The Morgan fingerprint density at radius 1 is 1.02 bits per heavy atom. The number of carbonyl (C=O) groups is 2. The molecule has 47 heavy (non-hydrogen) atoms. The number of benzene rings is 4. The van der Waals surface area contributed by atoms with Crippen molar-refractivity contribution < 1.29 is 24.2 Å². The fourth-order valence-corrected chi connectivity index (χ4v) is 6.82. The number of rotatable bonds is 9. The van der Waals surface area contributed by atoms with E-state index in [1.54, 1.807) is 60.0 Å². The smallest absolute Gasteiger partial charge is 0.338 e. The molecule has 1 atom stereocenters. The molecule has 0 saturated heterocycles. The highest BCUT2D eigenvalue weighted by Gasteiger charge is 2.35. The number of hydrogen-bond acceptors (Lipinski definition) is 7. The zero-order valence-corrected chi connectivity index (χ0v) is 28.0. The molecule has 1 aliphatic heterocycles. The van der Waals surface area contributed by atoms with Gasteiger partial charge in [-0.2, -0.15) is 0 Å².